The van der Waals surface area contributed by atoms with E-state index < -0.39 is 5.60 Å². The molecule has 0 aromatic carbocycles. The Kier molecular flexibility index (Phi) is 5.24. The summed E-state index contributed by atoms with van der Waals surface area (Å²) in [7, 11) is 0. The number of carbonyl (C=O) groups excluding carboxylic acids is 1. The van der Waals surface area contributed by atoms with Gasteiger partial charge >= 0.3 is 6.09 Å². The van der Waals surface area contributed by atoms with Gasteiger partial charge in [-0.2, -0.15) is 11.8 Å². The Morgan fingerprint density at radius 2 is 2.20 bits per heavy atom. The average molecular weight is 300 g/mol. The summed E-state index contributed by atoms with van der Waals surface area (Å²) in [5.74, 6) is 1.19. The predicted octanol–water partition coefficient (Wildman–Crippen LogP) is 2.87. The molecule has 0 bridgehead atoms. The maximum atomic E-state index is 12.2. The smallest absolute Gasteiger partial charge is 0.410 e. The highest BCUT2D eigenvalue weighted by atomic mass is 32.2. The summed E-state index contributed by atoms with van der Waals surface area (Å²) >= 11 is 2.04. The minimum atomic E-state index is -0.408. The van der Waals surface area contributed by atoms with E-state index in [0.29, 0.717) is 12.1 Å². The molecule has 2 heterocycles. The van der Waals surface area contributed by atoms with Crippen LogP contribution in [0.2, 0.25) is 0 Å². The van der Waals surface area contributed by atoms with Crippen LogP contribution in [-0.2, 0) is 4.74 Å². The molecule has 2 rings (SSSR count). The summed E-state index contributed by atoms with van der Waals surface area (Å²) in [6.07, 6.45) is 3.25. The quantitative estimate of drug-likeness (QED) is 0.870. The molecular formula is C15H28N2O2S. The molecule has 0 aromatic heterocycles. The van der Waals surface area contributed by atoms with E-state index in [-0.39, 0.29) is 6.09 Å². The van der Waals surface area contributed by atoms with Crippen molar-refractivity contribution in [3.8, 4) is 0 Å². The summed E-state index contributed by atoms with van der Waals surface area (Å²) in [5, 5.41) is 4.39. The van der Waals surface area contributed by atoms with Crippen molar-refractivity contribution in [2.75, 3.05) is 18.8 Å². The molecule has 3 atom stereocenters. The van der Waals surface area contributed by atoms with Gasteiger partial charge in [0.15, 0.2) is 0 Å². The molecule has 0 radical (unpaired) electrons. The number of carbonyl (C=O) groups is 1. The molecule has 2 fully saturated rings. The van der Waals surface area contributed by atoms with Gasteiger partial charge in [-0.3, -0.25) is 0 Å². The van der Waals surface area contributed by atoms with Gasteiger partial charge in [0.2, 0.25) is 0 Å². The number of rotatable bonds is 3. The number of ether oxygens (including phenoxy) is 1. The summed E-state index contributed by atoms with van der Waals surface area (Å²) in [5.41, 5.74) is -0.408. The van der Waals surface area contributed by atoms with Crippen molar-refractivity contribution in [3.63, 3.8) is 0 Å². The van der Waals surface area contributed by atoms with Gasteiger partial charge in [0.25, 0.3) is 0 Å². The Labute approximate surface area is 127 Å². The van der Waals surface area contributed by atoms with Crippen molar-refractivity contribution in [1.82, 2.24) is 10.2 Å². The van der Waals surface area contributed by atoms with Crippen LogP contribution in [0.25, 0.3) is 0 Å². The van der Waals surface area contributed by atoms with E-state index in [1.54, 1.807) is 0 Å². The number of likely N-dealkylation sites (tertiary alicyclic amines) is 1. The van der Waals surface area contributed by atoms with Crippen LogP contribution in [0.4, 0.5) is 4.79 Å². The maximum Gasteiger partial charge on any atom is 0.410 e. The standard InChI is InChI=1S/C15H28N2O2S/c1-11-8-12(10-20-11)16-9-13-6-5-7-17(13)14(18)19-15(2,3)4/h11-13,16H,5-10H2,1-4H3. The Balaban J connectivity index is 1.80. The zero-order valence-corrected chi connectivity index (χ0v) is 14.0. The first-order chi connectivity index (χ1) is 9.35. The van der Waals surface area contributed by atoms with Crippen LogP contribution < -0.4 is 5.32 Å². The lowest BCUT2D eigenvalue weighted by Gasteiger charge is -2.29. The van der Waals surface area contributed by atoms with Crippen LogP contribution in [0.5, 0.6) is 0 Å². The van der Waals surface area contributed by atoms with Crippen molar-refractivity contribution in [3.05, 3.63) is 0 Å². The second-order valence-corrected chi connectivity index (χ2v) is 8.43. The third-order valence-corrected chi connectivity index (χ3v) is 5.20. The number of thioether (sulfide) groups is 1. The van der Waals surface area contributed by atoms with Crippen LogP contribution >= 0.6 is 11.8 Å². The number of hydrogen-bond acceptors (Lipinski definition) is 4. The summed E-state index contributed by atoms with van der Waals surface area (Å²) in [6, 6.07) is 0.904. The highest BCUT2D eigenvalue weighted by Gasteiger charge is 2.32. The van der Waals surface area contributed by atoms with Gasteiger partial charge in [-0.25, -0.2) is 4.79 Å². The number of hydrogen-bond donors (Lipinski definition) is 1. The monoisotopic (exact) mass is 300 g/mol. The minimum Gasteiger partial charge on any atom is -0.444 e. The third kappa shape index (κ3) is 4.55. The molecule has 1 amide bonds. The molecule has 5 heteroatoms. The third-order valence-electron chi connectivity index (χ3n) is 3.85. The molecule has 0 aromatic rings. The second-order valence-electron chi connectivity index (χ2n) is 6.95. The highest BCUT2D eigenvalue weighted by molar-refractivity contribution is 8.00. The van der Waals surface area contributed by atoms with Crippen LogP contribution in [-0.4, -0.2) is 52.8 Å². The normalized spacial score (nSPS) is 30.8. The molecule has 0 aliphatic carbocycles. The molecule has 2 aliphatic heterocycles. The molecule has 1 N–H and O–H groups in total. The molecule has 4 nitrogen and oxygen atoms in total. The van der Waals surface area contributed by atoms with Crippen molar-refractivity contribution in [2.45, 2.75) is 69.9 Å². The predicted molar refractivity (Wildman–Crippen MR) is 84.3 cm³/mol. The lowest BCUT2D eigenvalue weighted by Crippen LogP contribution is -2.46. The number of nitrogens with one attached hydrogen (secondary N) is 1. The van der Waals surface area contributed by atoms with E-state index in [1.165, 1.54) is 12.2 Å². The largest absolute Gasteiger partial charge is 0.444 e. The molecular weight excluding hydrogens is 272 g/mol. The fraction of sp³-hybridized carbons (Fsp3) is 0.933. The Hall–Kier alpha value is -0.420. The molecule has 3 unspecified atom stereocenters. The first kappa shape index (κ1) is 16.0. The van der Waals surface area contributed by atoms with E-state index in [4.69, 9.17) is 4.74 Å². The topological polar surface area (TPSA) is 41.6 Å². The van der Waals surface area contributed by atoms with Crippen LogP contribution in [0.1, 0.15) is 47.0 Å². The second kappa shape index (κ2) is 6.56. The van der Waals surface area contributed by atoms with E-state index in [1.807, 2.05) is 37.4 Å². The van der Waals surface area contributed by atoms with Crippen molar-refractivity contribution in [1.29, 1.82) is 0 Å². The minimum absolute atomic E-state index is 0.157. The van der Waals surface area contributed by atoms with Gasteiger partial charge in [0, 0.05) is 36.2 Å². The van der Waals surface area contributed by atoms with Gasteiger partial charge < -0.3 is 15.0 Å². The summed E-state index contributed by atoms with van der Waals surface area (Å²) in [6.45, 7) is 9.78. The van der Waals surface area contributed by atoms with Crippen molar-refractivity contribution in [2.24, 2.45) is 0 Å². The van der Waals surface area contributed by atoms with Crippen molar-refractivity contribution < 1.29 is 9.53 Å². The van der Waals surface area contributed by atoms with Gasteiger partial charge in [-0.15, -0.1) is 0 Å². The number of amides is 1. The molecule has 2 aliphatic rings. The molecule has 0 saturated carbocycles. The Morgan fingerprint density at radius 3 is 2.80 bits per heavy atom. The average Bonchev–Trinajstić information content (AvgIpc) is 2.92. The van der Waals surface area contributed by atoms with Gasteiger partial charge in [0.05, 0.1) is 0 Å². The lowest BCUT2D eigenvalue weighted by atomic mass is 10.1. The maximum absolute atomic E-state index is 12.2. The first-order valence-electron chi connectivity index (χ1n) is 7.70. The van der Waals surface area contributed by atoms with Crippen LogP contribution in [0.3, 0.4) is 0 Å². The van der Waals surface area contributed by atoms with E-state index in [2.05, 4.69) is 12.2 Å². The Bertz CT molecular complexity index is 343. The van der Waals surface area contributed by atoms with Crippen LogP contribution in [0, 0.1) is 0 Å². The van der Waals surface area contributed by atoms with E-state index in [0.717, 1.165) is 31.2 Å². The fourth-order valence-electron chi connectivity index (χ4n) is 2.87. The molecule has 0 spiro atoms. The van der Waals surface area contributed by atoms with Gasteiger partial charge in [-0.05, 0) is 40.0 Å². The number of nitrogens with zero attached hydrogens (tertiary/aromatic N) is 1. The zero-order valence-electron chi connectivity index (χ0n) is 13.1. The zero-order chi connectivity index (χ0) is 14.8. The van der Waals surface area contributed by atoms with Gasteiger partial charge in [0.1, 0.15) is 5.60 Å². The lowest BCUT2D eigenvalue weighted by molar-refractivity contribution is 0.0225. The first-order valence-corrected chi connectivity index (χ1v) is 8.74. The summed E-state index contributed by atoms with van der Waals surface area (Å²) in [4.78, 5) is 14.1. The SMILES string of the molecule is CC1CC(NCC2CCCN2C(=O)OC(C)(C)C)CS1. The fourth-order valence-corrected chi connectivity index (χ4v) is 4.05. The van der Waals surface area contributed by atoms with Crippen molar-refractivity contribution >= 4 is 17.9 Å². The van der Waals surface area contributed by atoms with Gasteiger partial charge in [-0.1, -0.05) is 6.92 Å². The summed E-state index contributed by atoms with van der Waals surface area (Å²) < 4.78 is 5.50. The molecule has 116 valence electrons. The molecule has 20 heavy (non-hydrogen) atoms. The highest BCUT2D eigenvalue weighted by Crippen LogP contribution is 2.26. The Morgan fingerprint density at radius 1 is 1.45 bits per heavy atom. The van der Waals surface area contributed by atoms with Crippen LogP contribution in [0.15, 0.2) is 0 Å². The van der Waals surface area contributed by atoms with E-state index in [9.17, 15) is 4.79 Å². The molecule has 2 saturated heterocycles. The van der Waals surface area contributed by atoms with E-state index >= 15 is 0 Å².